The third-order valence-electron chi connectivity index (χ3n) is 3.79. The van der Waals surface area contributed by atoms with E-state index in [0.717, 1.165) is 0 Å². The van der Waals surface area contributed by atoms with Gasteiger partial charge in [0.2, 0.25) is 0 Å². The number of anilines is 1. The fraction of sp³-hybridized carbons (Fsp3) is 0.105. The predicted molar refractivity (Wildman–Crippen MR) is 103 cm³/mol. The van der Waals surface area contributed by atoms with Crippen molar-refractivity contribution >= 4 is 34.0 Å². The Morgan fingerprint density at radius 3 is 2.67 bits per heavy atom. The number of rotatable bonds is 5. The van der Waals surface area contributed by atoms with Gasteiger partial charge in [-0.1, -0.05) is 22.8 Å². The summed E-state index contributed by atoms with van der Waals surface area (Å²) in [6, 6.07) is 4.30. The van der Waals surface area contributed by atoms with Gasteiger partial charge in [-0.2, -0.15) is 23.4 Å². The van der Waals surface area contributed by atoms with Gasteiger partial charge in [-0.25, -0.2) is 4.39 Å². The second-order valence-corrected chi connectivity index (χ2v) is 6.27. The first kappa shape index (κ1) is 21.3. The highest BCUT2D eigenvalue weighted by Gasteiger charge is 2.25. The van der Waals surface area contributed by atoms with Gasteiger partial charge in [0, 0.05) is 23.3 Å². The van der Waals surface area contributed by atoms with Crippen LogP contribution < -0.4 is 10.5 Å². The third-order valence-corrected chi connectivity index (χ3v) is 4.09. The van der Waals surface area contributed by atoms with Crippen molar-refractivity contribution in [2.45, 2.75) is 13.1 Å². The molecule has 0 amide bonds. The van der Waals surface area contributed by atoms with Gasteiger partial charge >= 0.3 is 6.18 Å². The van der Waals surface area contributed by atoms with Gasteiger partial charge in [-0.3, -0.25) is 0 Å². The van der Waals surface area contributed by atoms with E-state index in [9.17, 15) is 17.6 Å². The lowest BCUT2D eigenvalue weighted by Gasteiger charge is -2.15. The average molecular weight is 441 g/mol. The molecule has 0 bridgehead atoms. The molecule has 0 atom stereocenters. The van der Waals surface area contributed by atoms with Crippen molar-refractivity contribution in [3.8, 4) is 5.75 Å². The second-order valence-electron chi connectivity index (χ2n) is 5.86. The molecule has 0 aliphatic rings. The Balaban J connectivity index is 2.10. The number of allylic oxidation sites excluding steroid dienone is 5. The van der Waals surface area contributed by atoms with Crippen LogP contribution in [0.15, 0.2) is 64.9 Å². The Morgan fingerprint density at radius 1 is 1.27 bits per heavy atom. The summed E-state index contributed by atoms with van der Waals surface area (Å²) in [4.78, 5) is 0. The van der Waals surface area contributed by atoms with Crippen LogP contribution in [0.3, 0.4) is 0 Å². The number of fused-ring (bicyclic) bond motifs is 1. The number of nitrogens with zero attached hydrogens (tertiary/aromatic N) is 3. The summed E-state index contributed by atoms with van der Waals surface area (Å²) < 4.78 is 62.5. The van der Waals surface area contributed by atoms with Crippen molar-refractivity contribution < 1.29 is 26.8 Å². The largest absolute Gasteiger partial charge is 0.455 e. The van der Waals surface area contributed by atoms with Crippen LogP contribution in [0.5, 0.6) is 5.75 Å². The monoisotopic (exact) mass is 440 g/mol. The highest BCUT2D eigenvalue weighted by molar-refractivity contribution is 6.33. The standard InChI is InChI=1S/C19H13ClF4N4O2/c1-2-12(10-3-4-26-27-9-10)15(5-11(21)8-19(22,23)24)29-17-7-16-13(6-14(17)20)18(25)28-30-16/h2-9H,1H3,(H2,25,28)/b11-8-,12-2-,15-5+. The molecular weight excluding hydrogens is 428 g/mol. The lowest BCUT2D eigenvalue weighted by atomic mass is 10.1. The van der Waals surface area contributed by atoms with Crippen molar-refractivity contribution in [1.29, 1.82) is 0 Å². The molecule has 11 heteroatoms. The van der Waals surface area contributed by atoms with E-state index in [0.29, 0.717) is 17.0 Å². The number of alkyl halides is 3. The van der Waals surface area contributed by atoms with Gasteiger partial charge in [0.1, 0.15) is 17.3 Å². The molecule has 156 valence electrons. The third kappa shape index (κ3) is 4.95. The molecule has 2 N–H and O–H groups in total. The van der Waals surface area contributed by atoms with Crippen LogP contribution in [-0.4, -0.2) is 21.5 Å². The van der Waals surface area contributed by atoms with Gasteiger partial charge < -0.3 is 15.0 Å². The number of nitrogens with two attached hydrogens (primary N) is 1. The maximum absolute atomic E-state index is 14.1. The van der Waals surface area contributed by atoms with E-state index in [1.165, 1.54) is 36.7 Å². The van der Waals surface area contributed by atoms with Crippen molar-refractivity contribution in [2.75, 3.05) is 5.73 Å². The number of ether oxygens (including phenoxy) is 1. The van der Waals surface area contributed by atoms with Gasteiger partial charge in [-0.15, -0.1) is 0 Å². The van der Waals surface area contributed by atoms with E-state index in [4.69, 9.17) is 26.6 Å². The molecule has 1 aromatic carbocycles. The van der Waals surface area contributed by atoms with Crippen LogP contribution in [0.1, 0.15) is 12.5 Å². The number of nitrogen functional groups attached to an aromatic ring is 1. The molecule has 0 saturated carbocycles. The Labute approximate surface area is 172 Å². The molecular formula is C19H13ClF4N4O2. The summed E-state index contributed by atoms with van der Waals surface area (Å²) in [6.07, 6.45) is -0.514. The minimum atomic E-state index is -4.85. The quantitative estimate of drug-likeness (QED) is 0.314. The van der Waals surface area contributed by atoms with Crippen LogP contribution in [0.25, 0.3) is 16.5 Å². The van der Waals surface area contributed by atoms with Gasteiger partial charge in [-0.05, 0) is 19.1 Å². The summed E-state index contributed by atoms with van der Waals surface area (Å²) in [5.74, 6) is -1.73. The van der Waals surface area contributed by atoms with E-state index in [2.05, 4.69) is 15.4 Å². The zero-order valence-corrected chi connectivity index (χ0v) is 16.0. The van der Waals surface area contributed by atoms with Crippen LogP contribution in [0, 0.1) is 0 Å². The zero-order valence-electron chi connectivity index (χ0n) is 15.2. The van der Waals surface area contributed by atoms with Crippen molar-refractivity contribution in [2.24, 2.45) is 0 Å². The summed E-state index contributed by atoms with van der Waals surface area (Å²) in [6.45, 7) is 1.60. The molecule has 30 heavy (non-hydrogen) atoms. The highest BCUT2D eigenvalue weighted by atomic mass is 35.5. The Hall–Kier alpha value is -3.40. The van der Waals surface area contributed by atoms with E-state index in [1.807, 2.05) is 0 Å². The molecule has 6 nitrogen and oxygen atoms in total. The summed E-state index contributed by atoms with van der Waals surface area (Å²) in [5.41, 5.74) is 6.58. The number of hydrogen-bond donors (Lipinski definition) is 1. The Bertz CT molecular complexity index is 1150. The van der Waals surface area contributed by atoms with E-state index >= 15 is 0 Å². The Kier molecular flexibility index (Phi) is 6.06. The number of hydrogen-bond acceptors (Lipinski definition) is 6. The Morgan fingerprint density at radius 2 is 2.03 bits per heavy atom. The molecule has 3 aromatic rings. The normalized spacial score (nSPS) is 13.7. The number of benzene rings is 1. The highest BCUT2D eigenvalue weighted by Crippen LogP contribution is 2.36. The molecule has 2 aromatic heterocycles. The molecule has 0 spiro atoms. The van der Waals surface area contributed by atoms with Crippen LogP contribution in [0.4, 0.5) is 23.4 Å². The molecule has 3 rings (SSSR count). The molecule has 0 aliphatic carbocycles. The molecule has 0 unspecified atom stereocenters. The first-order valence-corrected chi connectivity index (χ1v) is 8.68. The fourth-order valence-corrected chi connectivity index (χ4v) is 2.74. The van der Waals surface area contributed by atoms with Gasteiger partial charge in [0.05, 0.1) is 28.9 Å². The minimum Gasteiger partial charge on any atom is -0.455 e. The van der Waals surface area contributed by atoms with E-state index in [-0.39, 0.29) is 33.5 Å². The fourth-order valence-electron chi connectivity index (χ4n) is 2.54. The lowest BCUT2D eigenvalue weighted by molar-refractivity contribution is -0.0811. The van der Waals surface area contributed by atoms with Crippen molar-refractivity contribution in [3.63, 3.8) is 0 Å². The molecule has 0 saturated heterocycles. The maximum atomic E-state index is 14.1. The summed E-state index contributed by atoms with van der Waals surface area (Å²) in [7, 11) is 0. The van der Waals surface area contributed by atoms with Crippen molar-refractivity contribution in [1.82, 2.24) is 15.4 Å². The van der Waals surface area contributed by atoms with Crippen LogP contribution in [-0.2, 0) is 0 Å². The SMILES string of the molecule is C\C=C(/C(=C\C(F)=C\C(F)(F)F)Oc1cc2onc(N)c2cc1Cl)c1ccnnc1. The number of halogens is 5. The molecule has 0 aliphatic heterocycles. The molecule has 0 fully saturated rings. The van der Waals surface area contributed by atoms with Crippen LogP contribution >= 0.6 is 11.6 Å². The van der Waals surface area contributed by atoms with Crippen LogP contribution in [0.2, 0.25) is 5.02 Å². The second kappa shape index (κ2) is 8.54. The topological polar surface area (TPSA) is 87.1 Å². The minimum absolute atomic E-state index is 0.00672. The van der Waals surface area contributed by atoms with Gasteiger partial charge in [0.15, 0.2) is 11.4 Å². The predicted octanol–water partition coefficient (Wildman–Crippen LogP) is 5.64. The summed E-state index contributed by atoms with van der Waals surface area (Å²) in [5, 5.41) is 11.4. The molecule has 0 radical (unpaired) electrons. The maximum Gasteiger partial charge on any atom is 0.412 e. The van der Waals surface area contributed by atoms with E-state index in [1.54, 1.807) is 6.92 Å². The smallest absolute Gasteiger partial charge is 0.412 e. The lowest BCUT2D eigenvalue weighted by Crippen LogP contribution is -2.04. The average Bonchev–Trinajstić information content (AvgIpc) is 3.02. The first-order valence-electron chi connectivity index (χ1n) is 8.30. The van der Waals surface area contributed by atoms with Crippen molar-refractivity contribution in [3.05, 3.63) is 71.0 Å². The van der Waals surface area contributed by atoms with E-state index < -0.39 is 18.1 Å². The number of aromatic nitrogens is 3. The van der Waals surface area contributed by atoms with Gasteiger partial charge in [0.25, 0.3) is 0 Å². The molecule has 2 heterocycles. The zero-order chi connectivity index (χ0) is 21.9. The summed E-state index contributed by atoms with van der Waals surface area (Å²) >= 11 is 6.21. The first-order chi connectivity index (χ1) is 14.2.